The quantitative estimate of drug-likeness (QED) is 0.103. The van der Waals surface area contributed by atoms with E-state index in [4.69, 9.17) is 46.8 Å². The summed E-state index contributed by atoms with van der Waals surface area (Å²) in [6.07, 6.45) is -17.9. The van der Waals surface area contributed by atoms with Gasteiger partial charge in [-0.05, 0) is 6.42 Å². The van der Waals surface area contributed by atoms with Crippen molar-refractivity contribution < 1.29 is 69.3 Å². The minimum absolute atomic E-state index is 0.212. The van der Waals surface area contributed by atoms with Crippen LogP contribution in [0.3, 0.4) is 0 Å². The van der Waals surface area contributed by atoms with Crippen LogP contribution < -0.4 is 16.8 Å². The third-order valence-electron chi connectivity index (χ3n) is 7.24. The number of rotatable bonds is 10. The van der Waals surface area contributed by atoms with Crippen molar-refractivity contribution in [3.63, 3.8) is 0 Å². The molecule has 0 aliphatic carbocycles. The van der Waals surface area contributed by atoms with Crippen LogP contribution in [0.1, 0.15) is 13.3 Å². The predicted octanol–water partition coefficient (Wildman–Crippen LogP) is -6.50. The predicted molar refractivity (Wildman–Crippen MR) is 131 cm³/mol. The minimum Gasteiger partial charge on any atom is -0.394 e. The number of carbonyl (C=O) groups is 1. The van der Waals surface area contributed by atoms with E-state index in [9.17, 15) is 45.6 Å². The normalized spacial score (nSPS) is 47.0. The van der Waals surface area contributed by atoms with Crippen molar-refractivity contribution in [3.8, 4) is 0 Å². The van der Waals surface area contributed by atoms with Crippen LogP contribution in [-0.2, 0) is 28.5 Å². The lowest BCUT2D eigenvalue weighted by Gasteiger charge is -2.49. The van der Waals surface area contributed by atoms with E-state index in [2.05, 4.69) is 5.32 Å². The molecule has 0 aromatic carbocycles. The number of alkyl halides is 1. The molecule has 3 heterocycles. The summed E-state index contributed by atoms with van der Waals surface area (Å²) >= 11 is 6.06. The number of aliphatic hydroxyl groups is 8. The van der Waals surface area contributed by atoms with Crippen LogP contribution in [0.25, 0.3) is 0 Å². The number of hydrogen-bond acceptors (Lipinski definition) is 16. The van der Waals surface area contributed by atoms with Gasteiger partial charge in [-0.2, -0.15) is 0 Å². The van der Waals surface area contributed by atoms with E-state index in [0.717, 1.165) is 0 Å². The van der Waals surface area contributed by atoms with Gasteiger partial charge < -0.3 is 81.3 Å². The molecule has 16 atom stereocenters. The van der Waals surface area contributed by atoms with Gasteiger partial charge in [0.05, 0.1) is 31.9 Å². The monoisotopic (exact) mass is 605 g/mol. The summed E-state index contributed by atoms with van der Waals surface area (Å²) in [4.78, 5) is 12.7. The Balaban J connectivity index is 1.88. The van der Waals surface area contributed by atoms with Crippen molar-refractivity contribution in [2.75, 3.05) is 19.8 Å². The summed E-state index contributed by atoms with van der Waals surface area (Å²) in [6.45, 7) is -0.559. The maximum absolute atomic E-state index is 12.7. The first-order valence-electron chi connectivity index (χ1n) is 12.9. The zero-order valence-corrected chi connectivity index (χ0v) is 22.4. The summed E-state index contributed by atoms with van der Waals surface area (Å²) in [5, 5.41) is 82.9. The lowest BCUT2D eigenvalue weighted by molar-refractivity contribution is -0.350. The second-order valence-corrected chi connectivity index (χ2v) is 10.5. The maximum Gasteiger partial charge on any atom is 0.238 e. The van der Waals surface area contributed by atoms with Gasteiger partial charge in [0, 0.05) is 0 Å². The van der Waals surface area contributed by atoms with Crippen molar-refractivity contribution in [2.24, 2.45) is 11.5 Å². The molecule has 3 saturated heterocycles. The molecule has 0 bridgehead atoms. The SMILES string of the molecule is CCC(Cl)C(=O)N[C@H]1[C@H](OC2[C@@H](CO)O[C@@H](O)[C@H](N)[C@H]2O)O[C@H](CO)C(O[C@@H]2O[C@H](CO)[C@@H](O)[C@H](O)[C@H]2N)[C@@H]1O. The third kappa shape index (κ3) is 7.03. The van der Waals surface area contributed by atoms with Gasteiger partial charge in [0.1, 0.15) is 66.4 Å². The van der Waals surface area contributed by atoms with Crippen LogP contribution in [-0.4, -0.2) is 164 Å². The molecule has 40 heavy (non-hydrogen) atoms. The first-order chi connectivity index (χ1) is 18.9. The summed E-state index contributed by atoms with van der Waals surface area (Å²) in [7, 11) is 0. The molecule has 0 aromatic rings. The number of carbonyl (C=O) groups excluding carboxylic acids is 1. The Labute approximate surface area is 234 Å². The summed E-state index contributed by atoms with van der Waals surface area (Å²) < 4.78 is 28.0. The smallest absolute Gasteiger partial charge is 0.238 e. The molecule has 0 aromatic heterocycles. The molecular formula is C22H40ClN3O14. The standard InChI is InChI=1S/C22H40ClN3O14/c1-2-6(23)19(34)26-12-16(33)18(39-21-11(25)14(31)13(30)7(3-27)37-21)9(5-29)38-22(12)40-17-8(4-28)36-20(35)10(24)15(17)32/h6-18,20-22,27-33,35H,2-5,24-25H2,1H3,(H,26,34)/t6?,7-,8-,9-,10-,11-,12-,13-,14-,15-,16-,17?,18?,20-,21+,22+/m1/s1. The Kier molecular flexibility index (Phi) is 12.3. The molecule has 3 aliphatic heterocycles. The molecule has 3 unspecified atom stereocenters. The van der Waals surface area contributed by atoms with Gasteiger partial charge in [-0.1, -0.05) is 6.92 Å². The Morgan fingerprint density at radius 2 is 1.32 bits per heavy atom. The highest BCUT2D eigenvalue weighted by Gasteiger charge is 2.53. The lowest BCUT2D eigenvalue weighted by Crippen LogP contribution is -2.70. The fourth-order valence-corrected chi connectivity index (χ4v) is 4.81. The molecule has 3 fully saturated rings. The van der Waals surface area contributed by atoms with Crippen LogP contribution in [0, 0.1) is 0 Å². The van der Waals surface area contributed by atoms with Crippen LogP contribution in [0.2, 0.25) is 0 Å². The molecule has 13 N–H and O–H groups in total. The number of amides is 1. The summed E-state index contributed by atoms with van der Waals surface area (Å²) in [5.74, 6) is -0.734. The Morgan fingerprint density at radius 3 is 1.90 bits per heavy atom. The van der Waals surface area contributed by atoms with E-state index >= 15 is 0 Å². The van der Waals surface area contributed by atoms with Gasteiger partial charge >= 0.3 is 0 Å². The van der Waals surface area contributed by atoms with Gasteiger partial charge in [-0.15, -0.1) is 11.6 Å². The Morgan fingerprint density at radius 1 is 0.800 bits per heavy atom. The number of nitrogens with one attached hydrogen (secondary N) is 1. The van der Waals surface area contributed by atoms with Gasteiger partial charge in [0.15, 0.2) is 18.9 Å². The van der Waals surface area contributed by atoms with Crippen molar-refractivity contribution in [1.82, 2.24) is 5.32 Å². The molecule has 234 valence electrons. The van der Waals surface area contributed by atoms with Gasteiger partial charge in [0.2, 0.25) is 5.91 Å². The summed E-state index contributed by atoms with van der Waals surface area (Å²) in [5.41, 5.74) is 11.7. The number of aliphatic hydroxyl groups excluding tert-OH is 8. The van der Waals surface area contributed by atoms with E-state index in [1.165, 1.54) is 0 Å². The number of hydrogen-bond donors (Lipinski definition) is 11. The van der Waals surface area contributed by atoms with E-state index < -0.39 is 123 Å². The Hall–Kier alpha value is -0.840. The van der Waals surface area contributed by atoms with E-state index in [0.29, 0.717) is 0 Å². The van der Waals surface area contributed by atoms with E-state index in [1.807, 2.05) is 0 Å². The van der Waals surface area contributed by atoms with E-state index in [1.54, 1.807) is 6.92 Å². The minimum atomic E-state index is -1.73. The number of halogens is 1. The highest BCUT2D eigenvalue weighted by atomic mass is 35.5. The fourth-order valence-electron chi connectivity index (χ4n) is 4.75. The van der Waals surface area contributed by atoms with Crippen LogP contribution >= 0.6 is 11.6 Å². The van der Waals surface area contributed by atoms with Crippen LogP contribution in [0.5, 0.6) is 0 Å². The number of ether oxygens (including phenoxy) is 5. The fraction of sp³-hybridized carbons (Fsp3) is 0.955. The second-order valence-electron chi connectivity index (χ2n) is 9.93. The molecule has 0 saturated carbocycles. The zero-order valence-electron chi connectivity index (χ0n) is 21.6. The van der Waals surface area contributed by atoms with Crippen molar-refractivity contribution in [2.45, 2.75) is 111 Å². The number of nitrogens with two attached hydrogens (primary N) is 2. The molecule has 3 aliphatic rings. The molecule has 17 nitrogen and oxygen atoms in total. The van der Waals surface area contributed by atoms with Crippen molar-refractivity contribution >= 4 is 17.5 Å². The molecule has 0 spiro atoms. The molecule has 18 heteroatoms. The van der Waals surface area contributed by atoms with Crippen LogP contribution in [0.15, 0.2) is 0 Å². The Bertz CT molecular complexity index is 817. The second kappa shape index (κ2) is 14.6. The average molecular weight is 606 g/mol. The highest BCUT2D eigenvalue weighted by molar-refractivity contribution is 6.30. The van der Waals surface area contributed by atoms with Crippen molar-refractivity contribution in [3.05, 3.63) is 0 Å². The van der Waals surface area contributed by atoms with E-state index in [-0.39, 0.29) is 6.42 Å². The maximum atomic E-state index is 12.7. The first-order valence-corrected chi connectivity index (χ1v) is 13.3. The van der Waals surface area contributed by atoms with Gasteiger partial charge in [0.25, 0.3) is 0 Å². The van der Waals surface area contributed by atoms with Crippen LogP contribution in [0.4, 0.5) is 0 Å². The lowest BCUT2D eigenvalue weighted by atomic mass is 9.94. The molecular weight excluding hydrogens is 566 g/mol. The first kappa shape index (κ1) is 33.7. The van der Waals surface area contributed by atoms with Gasteiger partial charge in [-0.25, -0.2) is 0 Å². The molecule has 0 radical (unpaired) electrons. The zero-order chi connectivity index (χ0) is 29.9. The van der Waals surface area contributed by atoms with Crippen molar-refractivity contribution in [1.29, 1.82) is 0 Å². The highest BCUT2D eigenvalue weighted by Crippen LogP contribution is 2.32. The third-order valence-corrected chi connectivity index (χ3v) is 7.74. The largest absolute Gasteiger partial charge is 0.394 e. The molecule has 3 rings (SSSR count). The topological polar surface area (TPSA) is 289 Å². The van der Waals surface area contributed by atoms with Gasteiger partial charge in [-0.3, -0.25) is 4.79 Å². The summed E-state index contributed by atoms with van der Waals surface area (Å²) in [6, 6.07) is -4.18. The molecule has 1 amide bonds. The average Bonchev–Trinajstić information content (AvgIpc) is 2.95.